The van der Waals surface area contributed by atoms with Gasteiger partial charge in [-0.15, -0.1) is 0 Å². The smallest absolute Gasteiger partial charge is 0.337 e. The second kappa shape index (κ2) is 8.06. The largest absolute Gasteiger partial charge is 0.465 e. The number of hydrogen-bond acceptors (Lipinski definition) is 6. The Labute approximate surface area is 164 Å². The zero-order valence-corrected chi connectivity index (χ0v) is 16.0. The first-order valence-electron chi connectivity index (χ1n) is 9.60. The second-order valence-electron chi connectivity index (χ2n) is 7.44. The number of rotatable bonds is 4. The summed E-state index contributed by atoms with van der Waals surface area (Å²) in [6.45, 7) is 3.28. The monoisotopic (exact) mass is 380 g/mol. The molecule has 1 aromatic heterocycles. The molecule has 0 saturated carbocycles. The van der Waals surface area contributed by atoms with Crippen LogP contribution in [0.1, 0.15) is 45.9 Å². The summed E-state index contributed by atoms with van der Waals surface area (Å²) in [5, 5.41) is 0. The second-order valence-corrected chi connectivity index (χ2v) is 7.44. The molecule has 0 spiro atoms. The highest BCUT2D eigenvalue weighted by atomic mass is 16.5. The van der Waals surface area contributed by atoms with E-state index in [1.165, 1.54) is 7.11 Å². The fourth-order valence-electron chi connectivity index (χ4n) is 4.08. The van der Waals surface area contributed by atoms with Gasteiger partial charge in [0.05, 0.1) is 24.9 Å². The van der Waals surface area contributed by atoms with Crippen LogP contribution in [0.5, 0.6) is 0 Å². The summed E-state index contributed by atoms with van der Waals surface area (Å²) in [5.74, 6) is 0.0563. The van der Waals surface area contributed by atoms with Crippen molar-refractivity contribution >= 4 is 11.9 Å². The summed E-state index contributed by atoms with van der Waals surface area (Å²) in [4.78, 5) is 37.1. The summed E-state index contributed by atoms with van der Waals surface area (Å²) in [6.07, 6.45) is 5.36. The molecule has 2 aromatic rings. The highest BCUT2D eigenvalue weighted by molar-refractivity contribution is 5.89. The molecular weight excluding hydrogens is 356 g/mol. The third kappa shape index (κ3) is 3.89. The van der Waals surface area contributed by atoms with Crippen LogP contribution in [0.15, 0.2) is 36.8 Å². The van der Waals surface area contributed by atoms with Crippen LogP contribution in [0.3, 0.4) is 0 Å². The average Bonchev–Trinajstić information content (AvgIpc) is 3.15. The first-order chi connectivity index (χ1) is 13.6. The maximum Gasteiger partial charge on any atom is 0.337 e. The molecule has 4 rings (SSSR count). The number of piperidine rings is 1. The van der Waals surface area contributed by atoms with Gasteiger partial charge in [-0.2, -0.15) is 0 Å². The Morgan fingerprint density at radius 3 is 3.00 bits per heavy atom. The molecule has 1 fully saturated rings. The quantitative estimate of drug-likeness (QED) is 0.755. The predicted molar refractivity (Wildman–Crippen MR) is 102 cm³/mol. The maximum absolute atomic E-state index is 12.9. The van der Waals surface area contributed by atoms with Crippen LogP contribution in [-0.2, 0) is 22.6 Å². The van der Waals surface area contributed by atoms with E-state index in [0.29, 0.717) is 25.2 Å². The van der Waals surface area contributed by atoms with Crippen molar-refractivity contribution in [3.63, 3.8) is 0 Å². The highest BCUT2D eigenvalue weighted by Gasteiger charge is 2.28. The van der Waals surface area contributed by atoms with Gasteiger partial charge >= 0.3 is 5.97 Å². The summed E-state index contributed by atoms with van der Waals surface area (Å²) < 4.78 is 4.82. The minimum absolute atomic E-state index is 0.148. The summed E-state index contributed by atoms with van der Waals surface area (Å²) in [7, 11) is 1.39. The molecule has 0 aliphatic carbocycles. The Morgan fingerprint density at radius 2 is 2.18 bits per heavy atom. The Morgan fingerprint density at radius 1 is 1.29 bits per heavy atom. The van der Waals surface area contributed by atoms with Crippen LogP contribution < -0.4 is 0 Å². The third-order valence-corrected chi connectivity index (χ3v) is 5.56. The SMILES string of the molecule is COC(=O)c1cccc(C2CCCN(C(=O)CN3Cc4cncnc4C3)C2)c1. The molecule has 1 aromatic carbocycles. The molecule has 28 heavy (non-hydrogen) atoms. The standard InChI is InChI=1S/C21H24N4O3/c1-28-21(27)16-5-2-4-15(8-16)17-6-3-7-25(11-17)20(26)13-24-10-18-9-22-14-23-19(18)12-24/h2,4-5,8-9,14,17H,3,6-7,10-13H2,1H3. The van der Waals surface area contributed by atoms with E-state index in [1.807, 2.05) is 29.3 Å². The number of carbonyl (C=O) groups is 2. The van der Waals surface area contributed by atoms with E-state index in [2.05, 4.69) is 14.9 Å². The van der Waals surface area contributed by atoms with Gasteiger partial charge in [0.2, 0.25) is 5.91 Å². The lowest BCUT2D eigenvalue weighted by Gasteiger charge is -2.34. The lowest BCUT2D eigenvalue weighted by molar-refractivity contribution is -0.133. The normalized spacial score (nSPS) is 19.3. The summed E-state index contributed by atoms with van der Waals surface area (Å²) in [6, 6.07) is 7.56. The lowest BCUT2D eigenvalue weighted by Crippen LogP contribution is -2.43. The van der Waals surface area contributed by atoms with E-state index >= 15 is 0 Å². The van der Waals surface area contributed by atoms with Gasteiger partial charge in [0.15, 0.2) is 0 Å². The van der Waals surface area contributed by atoms with Gasteiger partial charge in [0.25, 0.3) is 0 Å². The Hall–Kier alpha value is -2.80. The zero-order chi connectivity index (χ0) is 19.5. The lowest BCUT2D eigenvalue weighted by atomic mass is 9.89. The Bertz CT molecular complexity index is 860. The van der Waals surface area contributed by atoms with Gasteiger partial charge in [-0.05, 0) is 30.5 Å². The zero-order valence-electron chi connectivity index (χ0n) is 16.0. The predicted octanol–water partition coefficient (Wildman–Crippen LogP) is 1.99. The number of carbonyl (C=O) groups excluding carboxylic acids is 2. The Kier molecular flexibility index (Phi) is 5.34. The molecule has 1 unspecified atom stereocenters. The number of hydrogen-bond donors (Lipinski definition) is 0. The third-order valence-electron chi connectivity index (χ3n) is 5.56. The van der Waals surface area contributed by atoms with Crippen molar-refractivity contribution in [3.05, 3.63) is 59.2 Å². The molecule has 0 bridgehead atoms. The number of aromatic nitrogens is 2. The summed E-state index contributed by atoms with van der Waals surface area (Å²) in [5.41, 5.74) is 3.76. The first-order valence-corrected chi connectivity index (χ1v) is 9.60. The molecule has 1 saturated heterocycles. The van der Waals surface area contributed by atoms with Crippen molar-refractivity contribution in [2.75, 3.05) is 26.7 Å². The van der Waals surface area contributed by atoms with E-state index in [-0.39, 0.29) is 17.8 Å². The molecule has 3 heterocycles. The van der Waals surface area contributed by atoms with Gasteiger partial charge in [-0.25, -0.2) is 14.8 Å². The van der Waals surface area contributed by atoms with Crippen LogP contribution in [-0.4, -0.2) is 58.4 Å². The topological polar surface area (TPSA) is 75.6 Å². The number of amides is 1. The fraction of sp³-hybridized carbons (Fsp3) is 0.429. The molecule has 0 N–H and O–H groups in total. The van der Waals surface area contributed by atoms with E-state index in [4.69, 9.17) is 4.74 Å². The number of benzene rings is 1. The number of ether oxygens (including phenoxy) is 1. The van der Waals surface area contributed by atoms with Gasteiger partial charge in [0, 0.05) is 43.9 Å². The molecule has 1 atom stereocenters. The first kappa shape index (κ1) is 18.6. The molecule has 7 heteroatoms. The van der Waals surface area contributed by atoms with Crippen LogP contribution in [0.4, 0.5) is 0 Å². The number of methoxy groups -OCH3 is 1. The van der Waals surface area contributed by atoms with Crippen molar-refractivity contribution in [1.82, 2.24) is 19.8 Å². The fourth-order valence-corrected chi connectivity index (χ4v) is 4.08. The van der Waals surface area contributed by atoms with Crippen molar-refractivity contribution in [3.8, 4) is 0 Å². The van der Waals surface area contributed by atoms with Crippen LogP contribution in [0.2, 0.25) is 0 Å². The summed E-state index contributed by atoms with van der Waals surface area (Å²) >= 11 is 0. The van der Waals surface area contributed by atoms with Crippen molar-refractivity contribution in [2.24, 2.45) is 0 Å². The molecule has 2 aliphatic heterocycles. The number of esters is 1. The van der Waals surface area contributed by atoms with Crippen LogP contribution >= 0.6 is 0 Å². The number of likely N-dealkylation sites (tertiary alicyclic amines) is 1. The van der Waals surface area contributed by atoms with Crippen molar-refractivity contribution in [2.45, 2.75) is 31.8 Å². The van der Waals surface area contributed by atoms with E-state index in [0.717, 1.165) is 42.8 Å². The van der Waals surface area contributed by atoms with Crippen LogP contribution in [0.25, 0.3) is 0 Å². The van der Waals surface area contributed by atoms with E-state index < -0.39 is 0 Å². The highest BCUT2D eigenvalue weighted by Crippen LogP contribution is 2.28. The van der Waals surface area contributed by atoms with Gasteiger partial charge in [-0.3, -0.25) is 9.69 Å². The van der Waals surface area contributed by atoms with Crippen molar-refractivity contribution < 1.29 is 14.3 Å². The molecule has 1 amide bonds. The minimum atomic E-state index is -0.331. The van der Waals surface area contributed by atoms with E-state index in [1.54, 1.807) is 12.4 Å². The van der Waals surface area contributed by atoms with Gasteiger partial charge in [0.1, 0.15) is 6.33 Å². The molecule has 146 valence electrons. The molecule has 2 aliphatic rings. The van der Waals surface area contributed by atoms with E-state index in [9.17, 15) is 9.59 Å². The molecular formula is C21H24N4O3. The number of fused-ring (bicyclic) bond motifs is 1. The average molecular weight is 380 g/mol. The minimum Gasteiger partial charge on any atom is -0.465 e. The molecule has 0 radical (unpaired) electrons. The maximum atomic E-state index is 12.9. The van der Waals surface area contributed by atoms with Crippen molar-refractivity contribution in [1.29, 1.82) is 0 Å². The Balaban J connectivity index is 1.39. The number of nitrogens with zero attached hydrogens (tertiary/aromatic N) is 4. The van der Waals surface area contributed by atoms with Gasteiger partial charge < -0.3 is 9.64 Å². The molecule has 7 nitrogen and oxygen atoms in total. The van der Waals surface area contributed by atoms with Crippen LogP contribution in [0, 0.1) is 0 Å². The van der Waals surface area contributed by atoms with Gasteiger partial charge in [-0.1, -0.05) is 12.1 Å².